The molecule has 0 spiro atoms. The Morgan fingerprint density at radius 3 is 2.71 bits per heavy atom. The van der Waals surface area contributed by atoms with Crippen LogP contribution in [0.3, 0.4) is 0 Å². The van der Waals surface area contributed by atoms with Crippen molar-refractivity contribution in [2.45, 2.75) is 63.1 Å². The lowest BCUT2D eigenvalue weighted by atomic mass is 9.90. The molecule has 3 atom stereocenters. The molecule has 2 aliphatic carbocycles. The van der Waals surface area contributed by atoms with Gasteiger partial charge in [0.1, 0.15) is 0 Å². The van der Waals surface area contributed by atoms with Crippen LogP contribution in [-0.4, -0.2) is 53.3 Å². The van der Waals surface area contributed by atoms with Gasteiger partial charge in [0.2, 0.25) is 0 Å². The second kappa shape index (κ2) is 6.22. The van der Waals surface area contributed by atoms with Crippen LogP contribution in [-0.2, 0) is 9.53 Å². The average Bonchev–Trinajstić information content (AvgIpc) is 3.30. The van der Waals surface area contributed by atoms with E-state index in [0.717, 1.165) is 32.1 Å². The third kappa shape index (κ3) is 3.48. The maximum absolute atomic E-state index is 12.5. The summed E-state index contributed by atoms with van der Waals surface area (Å²) in [5, 5.41) is 11.9. The third-order valence-corrected chi connectivity index (χ3v) is 4.89. The molecule has 1 saturated heterocycles. The molecule has 118 valence electrons. The largest absolute Gasteiger partial charge is 0.481 e. The van der Waals surface area contributed by atoms with Crippen molar-refractivity contribution in [3.63, 3.8) is 0 Å². The van der Waals surface area contributed by atoms with Gasteiger partial charge in [0, 0.05) is 12.6 Å². The van der Waals surface area contributed by atoms with Crippen LogP contribution < -0.4 is 5.32 Å². The highest BCUT2D eigenvalue weighted by Crippen LogP contribution is 2.34. The summed E-state index contributed by atoms with van der Waals surface area (Å²) in [4.78, 5) is 25.4. The van der Waals surface area contributed by atoms with Crippen LogP contribution in [0, 0.1) is 5.92 Å². The van der Waals surface area contributed by atoms with Crippen molar-refractivity contribution >= 4 is 12.0 Å². The second-order valence-corrected chi connectivity index (χ2v) is 6.45. The molecule has 6 heteroatoms. The van der Waals surface area contributed by atoms with Gasteiger partial charge in [0.05, 0.1) is 25.2 Å². The summed E-state index contributed by atoms with van der Waals surface area (Å²) in [7, 11) is 0. The molecule has 0 aromatic heterocycles. The SMILES string of the molecule is O=C(O)CC(NC(=O)N1CCOC2CCCCC21)C1CC1. The zero-order chi connectivity index (χ0) is 14.8. The Morgan fingerprint density at radius 2 is 2.00 bits per heavy atom. The lowest BCUT2D eigenvalue weighted by Gasteiger charge is -2.44. The molecule has 2 saturated carbocycles. The van der Waals surface area contributed by atoms with Crippen LogP contribution in [0.2, 0.25) is 0 Å². The van der Waals surface area contributed by atoms with E-state index < -0.39 is 5.97 Å². The molecular weight excluding hydrogens is 272 g/mol. The molecule has 1 aliphatic heterocycles. The summed E-state index contributed by atoms with van der Waals surface area (Å²) < 4.78 is 5.78. The Morgan fingerprint density at radius 1 is 1.24 bits per heavy atom. The zero-order valence-electron chi connectivity index (χ0n) is 12.3. The smallest absolute Gasteiger partial charge is 0.318 e. The van der Waals surface area contributed by atoms with Gasteiger partial charge >= 0.3 is 12.0 Å². The summed E-state index contributed by atoms with van der Waals surface area (Å²) in [6, 6.07) is -0.162. The van der Waals surface area contributed by atoms with E-state index in [9.17, 15) is 9.59 Å². The lowest BCUT2D eigenvalue weighted by molar-refractivity contribution is -0.137. The molecule has 6 nitrogen and oxygen atoms in total. The van der Waals surface area contributed by atoms with E-state index >= 15 is 0 Å². The van der Waals surface area contributed by atoms with Crippen molar-refractivity contribution < 1.29 is 19.4 Å². The highest BCUT2D eigenvalue weighted by molar-refractivity contribution is 5.76. The molecule has 3 unspecified atom stereocenters. The number of ether oxygens (including phenoxy) is 1. The Balaban J connectivity index is 1.61. The lowest BCUT2D eigenvalue weighted by Crippen LogP contribution is -2.58. The van der Waals surface area contributed by atoms with Gasteiger partial charge in [-0.15, -0.1) is 0 Å². The number of hydrogen-bond donors (Lipinski definition) is 2. The highest BCUT2D eigenvalue weighted by atomic mass is 16.5. The molecule has 3 rings (SSSR count). The van der Waals surface area contributed by atoms with Crippen LogP contribution in [0.15, 0.2) is 0 Å². The van der Waals surface area contributed by atoms with Crippen molar-refractivity contribution in [2.75, 3.05) is 13.2 Å². The van der Waals surface area contributed by atoms with Crippen LogP contribution in [0.25, 0.3) is 0 Å². The summed E-state index contributed by atoms with van der Waals surface area (Å²) in [6.45, 7) is 1.19. The number of morpholine rings is 1. The van der Waals surface area contributed by atoms with Gasteiger partial charge in [-0.25, -0.2) is 4.79 Å². The van der Waals surface area contributed by atoms with Crippen molar-refractivity contribution in [3.8, 4) is 0 Å². The second-order valence-electron chi connectivity index (χ2n) is 6.45. The zero-order valence-corrected chi connectivity index (χ0v) is 12.3. The van der Waals surface area contributed by atoms with Gasteiger partial charge < -0.3 is 20.1 Å². The molecule has 0 aromatic carbocycles. The first-order valence-corrected chi connectivity index (χ1v) is 8.05. The normalized spacial score (nSPS) is 30.4. The van der Waals surface area contributed by atoms with E-state index in [4.69, 9.17) is 9.84 Å². The van der Waals surface area contributed by atoms with Crippen LogP contribution in [0.4, 0.5) is 4.79 Å². The molecule has 21 heavy (non-hydrogen) atoms. The maximum Gasteiger partial charge on any atom is 0.318 e. The summed E-state index contributed by atoms with van der Waals surface area (Å²) in [5.41, 5.74) is 0. The number of carboxylic acid groups (broad SMARTS) is 1. The predicted molar refractivity (Wildman–Crippen MR) is 76.0 cm³/mol. The first-order chi connectivity index (χ1) is 10.1. The maximum atomic E-state index is 12.5. The van der Waals surface area contributed by atoms with Gasteiger partial charge in [0.25, 0.3) is 0 Å². The van der Waals surface area contributed by atoms with Crippen molar-refractivity contribution in [1.82, 2.24) is 10.2 Å². The van der Waals surface area contributed by atoms with Gasteiger partial charge in [-0.2, -0.15) is 0 Å². The van der Waals surface area contributed by atoms with E-state index in [0.29, 0.717) is 19.1 Å². The number of carbonyl (C=O) groups excluding carboxylic acids is 1. The van der Waals surface area contributed by atoms with E-state index in [1.54, 1.807) is 0 Å². The fraction of sp³-hybridized carbons (Fsp3) is 0.867. The fourth-order valence-electron chi connectivity index (χ4n) is 3.61. The van der Waals surface area contributed by atoms with Crippen LogP contribution in [0.5, 0.6) is 0 Å². The number of nitrogens with one attached hydrogen (secondary N) is 1. The van der Waals surface area contributed by atoms with E-state index in [1.807, 2.05) is 4.90 Å². The number of carbonyl (C=O) groups is 2. The first-order valence-electron chi connectivity index (χ1n) is 8.05. The standard InChI is InChI=1S/C15H24N2O4/c18-14(19)9-11(10-5-6-10)16-15(20)17-7-8-21-13-4-2-1-3-12(13)17/h10-13H,1-9H2,(H,16,20)(H,18,19). The number of nitrogens with zero attached hydrogens (tertiary/aromatic N) is 1. The number of hydrogen-bond acceptors (Lipinski definition) is 3. The summed E-state index contributed by atoms with van der Waals surface area (Å²) in [6.07, 6.45) is 6.55. The van der Waals surface area contributed by atoms with Gasteiger partial charge in [-0.05, 0) is 31.6 Å². The number of rotatable bonds is 4. The van der Waals surface area contributed by atoms with Crippen molar-refractivity contribution in [1.29, 1.82) is 0 Å². The van der Waals surface area contributed by atoms with E-state index in [1.165, 1.54) is 6.42 Å². The van der Waals surface area contributed by atoms with E-state index in [-0.39, 0.29) is 30.6 Å². The summed E-state index contributed by atoms with van der Waals surface area (Å²) >= 11 is 0. The Bertz CT molecular complexity index is 408. The van der Waals surface area contributed by atoms with Crippen LogP contribution in [0.1, 0.15) is 44.9 Å². The first kappa shape index (κ1) is 14.6. The predicted octanol–water partition coefficient (Wildman–Crippen LogP) is 1.59. The minimum atomic E-state index is -0.843. The molecule has 0 bridgehead atoms. The minimum absolute atomic E-state index is 0.0227. The van der Waals surface area contributed by atoms with Crippen molar-refractivity contribution in [2.24, 2.45) is 5.92 Å². The third-order valence-electron chi connectivity index (χ3n) is 4.89. The minimum Gasteiger partial charge on any atom is -0.481 e. The number of fused-ring (bicyclic) bond motifs is 1. The van der Waals surface area contributed by atoms with Crippen LogP contribution >= 0.6 is 0 Å². The molecule has 3 aliphatic rings. The summed E-state index contributed by atoms with van der Waals surface area (Å²) in [5.74, 6) is -0.502. The molecule has 2 amide bonds. The van der Waals surface area contributed by atoms with Crippen molar-refractivity contribution in [3.05, 3.63) is 0 Å². The number of urea groups is 1. The molecular formula is C15H24N2O4. The Labute approximate surface area is 124 Å². The number of amides is 2. The molecule has 2 N–H and O–H groups in total. The van der Waals surface area contributed by atoms with Gasteiger partial charge in [-0.3, -0.25) is 4.79 Å². The molecule has 0 radical (unpaired) electrons. The molecule has 3 fully saturated rings. The van der Waals surface area contributed by atoms with E-state index in [2.05, 4.69) is 5.32 Å². The highest BCUT2D eigenvalue weighted by Gasteiger charge is 2.39. The monoisotopic (exact) mass is 296 g/mol. The fourth-order valence-corrected chi connectivity index (χ4v) is 3.61. The van der Waals surface area contributed by atoms with Gasteiger partial charge in [0.15, 0.2) is 0 Å². The molecule has 0 aromatic rings. The molecule has 1 heterocycles. The van der Waals surface area contributed by atoms with Gasteiger partial charge in [-0.1, -0.05) is 12.8 Å². The number of aliphatic carboxylic acids is 1. The quantitative estimate of drug-likeness (QED) is 0.826. The average molecular weight is 296 g/mol. The topological polar surface area (TPSA) is 78.9 Å². The Kier molecular flexibility index (Phi) is 4.33. The number of carboxylic acids is 1. The Hall–Kier alpha value is -1.30.